The molecule has 1 aromatic rings. The Morgan fingerprint density at radius 1 is 1.50 bits per heavy atom. The van der Waals surface area contributed by atoms with Crippen molar-refractivity contribution < 1.29 is 14.3 Å². The van der Waals surface area contributed by atoms with Gasteiger partial charge < -0.3 is 10.1 Å². The number of hydrogen-bond acceptors (Lipinski definition) is 4. The second-order valence-electron chi connectivity index (χ2n) is 5.08. The number of carbonyl (C=O) groups excluding carboxylic acids is 2. The number of amides is 1. The molecule has 0 saturated heterocycles. The number of nitrogens with zero attached hydrogens (tertiary/aromatic N) is 1. The van der Waals surface area contributed by atoms with Crippen LogP contribution in [0.4, 0.5) is 5.69 Å². The van der Waals surface area contributed by atoms with Gasteiger partial charge in [0, 0.05) is 5.69 Å². The van der Waals surface area contributed by atoms with Crippen LogP contribution >= 0.6 is 0 Å². The minimum absolute atomic E-state index is 0.0628. The fourth-order valence-corrected chi connectivity index (χ4v) is 1.88. The number of nitriles is 1. The van der Waals surface area contributed by atoms with E-state index in [2.05, 4.69) is 5.32 Å². The molecule has 1 saturated carbocycles. The topological polar surface area (TPSA) is 79.2 Å². The summed E-state index contributed by atoms with van der Waals surface area (Å²) in [7, 11) is 0. The maximum Gasteiger partial charge on any atom is 0.309 e. The number of ether oxygens (including phenoxy) is 1. The molecule has 104 valence electrons. The lowest BCUT2D eigenvalue weighted by atomic mass is 10.2. The molecule has 0 aliphatic heterocycles. The van der Waals surface area contributed by atoms with Crippen LogP contribution in [-0.2, 0) is 14.3 Å². The van der Waals surface area contributed by atoms with Crippen LogP contribution in [0.25, 0.3) is 0 Å². The van der Waals surface area contributed by atoms with E-state index in [1.807, 2.05) is 13.0 Å². The summed E-state index contributed by atoms with van der Waals surface area (Å²) in [5, 5.41) is 11.4. The molecule has 3 atom stereocenters. The van der Waals surface area contributed by atoms with Crippen LogP contribution < -0.4 is 5.32 Å². The van der Waals surface area contributed by atoms with Crippen LogP contribution in [0.5, 0.6) is 0 Å². The van der Waals surface area contributed by atoms with Crippen LogP contribution in [0.3, 0.4) is 0 Å². The summed E-state index contributed by atoms with van der Waals surface area (Å²) < 4.78 is 5.12. The van der Waals surface area contributed by atoms with E-state index in [9.17, 15) is 9.59 Å². The lowest BCUT2D eigenvalue weighted by Crippen LogP contribution is -2.30. The number of carbonyl (C=O) groups is 2. The van der Waals surface area contributed by atoms with Gasteiger partial charge in [-0.05, 0) is 37.5 Å². The van der Waals surface area contributed by atoms with Gasteiger partial charge in [-0.2, -0.15) is 5.26 Å². The Labute approximate surface area is 117 Å². The molecular formula is C15H16N2O3. The Balaban J connectivity index is 1.90. The molecule has 0 spiro atoms. The standard InChI is InChI=1S/C15H16N2O3/c1-9-6-13(9)15(19)20-10(2)14(18)17-12-5-3-4-11(7-12)8-16/h3-5,7,9-10,13H,6H2,1-2H3,(H,17,18)/t9-,10+,13-/m1/s1. The Morgan fingerprint density at radius 2 is 2.20 bits per heavy atom. The zero-order valence-electron chi connectivity index (χ0n) is 11.4. The molecule has 1 aromatic carbocycles. The molecule has 1 aliphatic carbocycles. The first-order valence-corrected chi connectivity index (χ1v) is 6.52. The van der Waals surface area contributed by atoms with Gasteiger partial charge in [0.25, 0.3) is 5.91 Å². The molecule has 5 heteroatoms. The molecule has 1 fully saturated rings. The fraction of sp³-hybridized carbons (Fsp3) is 0.400. The molecule has 2 rings (SSSR count). The minimum Gasteiger partial charge on any atom is -0.452 e. The molecule has 1 N–H and O–H groups in total. The summed E-state index contributed by atoms with van der Waals surface area (Å²) >= 11 is 0. The van der Waals surface area contributed by atoms with E-state index in [0.717, 1.165) is 6.42 Å². The first-order chi connectivity index (χ1) is 9.51. The molecule has 1 aliphatic rings. The average Bonchev–Trinajstić information content (AvgIpc) is 3.16. The Bertz CT molecular complexity index is 577. The van der Waals surface area contributed by atoms with Crippen molar-refractivity contribution in [3.05, 3.63) is 29.8 Å². The summed E-state index contributed by atoms with van der Waals surface area (Å²) in [4.78, 5) is 23.5. The Morgan fingerprint density at radius 3 is 2.80 bits per heavy atom. The van der Waals surface area contributed by atoms with Crippen molar-refractivity contribution in [2.45, 2.75) is 26.4 Å². The van der Waals surface area contributed by atoms with Gasteiger partial charge in [0.1, 0.15) is 0 Å². The zero-order chi connectivity index (χ0) is 14.7. The minimum atomic E-state index is -0.846. The van der Waals surface area contributed by atoms with E-state index < -0.39 is 12.0 Å². The summed E-state index contributed by atoms with van der Waals surface area (Å²) in [6, 6.07) is 8.56. The molecule has 0 aromatic heterocycles. The van der Waals surface area contributed by atoms with Gasteiger partial charge in [0.2, 0.25) is 0 Å². The Hall–Kier alpha value is -2.35. The molecule has 0 radical (unpaired) electrons. The highest BCUT2D eigenvalue weighted by Crippen LogP contribution is 2.38. The molecule has 1 amide bonds. The summed E-state index contributed by atoms with van der Waals surface area (Å²) in [6.07, 6.45) is -0.0155. The van der Waals surface area contributed by atoms with E-state index in [1.165, 1.54) is 6.92 Å². The van der Waals surface area contributed by atoms with Gasteiger partial charge >= 0.3 is 5.97 Å². The largest absolute Gasteiger partial charge is 0.452 e. The lowest BCUT2D eigenvalue weighted by Gasteiger charge is -2.13. The highest BCUT2D eigenvalue weighted by molar-refractivity contribution is 5.95. The molecular weight excluding hydrogens is 256 g/mol. The summed E-state index contributed by atoms with van der Waals surface area (Å²) in [5.74, 6) is -0.426. The van der Waals surface area contributed by atoms with E-state index in [-0.39, 0.29) is 11.9 Å². The maximum absolute atomic E-state index is 11.9. The summed E-state index contributed by atoms with van der Waals surface area (Å²) in [5.41, 5.74) is 0.969. The van der Waals surface area contributed by atoms with Crippen LogP contribution in [0, 0.1) is 23.2 Å². The SMILES string of the molecule is C[C@H](OC(=O)[C@@H]1C[C@H]1C)C(=O)Nc1cccc(C#N)c1. The third kappa shape index (κ3) is 3.35. The smallest absolute Gasteiger partial charge is 0.309 e. The van der Waals surface area contributed by atoms with Gasteiger partial charge in [0.05, 0.1) is 17.6 Å². The van der Waals surface area contributed by atoms with Crippen LogP contribution in [0.2, 0.25) is 0 Å². The molecule has 0 unspecified atom stereocenters. The molecule has 0 bridgehead atoms. The maximum atomic E-state index is 11.9. The number of rotatable bonds is 4. The number of benzene rings is 1. The van der Waals surface area contributed by atoms with Gasteiger partial charge in [-0.1, -0.05) is 13.0 Å². The van der Waals surface area contributed by atoms with Crippen LogP contribution in [0.15, 0.2) is 24.3 Å². The van der Waals surface area contributed by atoms with E-state index >= 15 is 0 Å². The lowest BCUT2D eigenvalue weighted by molar-refractivity contribution is -0.154. The van der Waals surface area contributed by atoms with Crippen molar-refractivity contribution >= 4 is 17.6 Å². The van der Waals surface area contributed by atoms with E-state index in [4.69, 9.17) is 10.00 Å². The highest BCUT2D eigenvalue weighted by Gasteiger charge is 2.41. The fourth-order valence-electron chi connectivity index (χ4n) is 1.88. The third-order valence-corrected chi connectivity index (χ3v) is 3.33. The van der Waals surface area contributed by atoms with Crippen molar-refractivity contribution in [1.29, 1.82) is 5.26 Å². The van der Waals surface area contributed by atoms with Crippen LogP contribution in [-0.4, -0.2) is 18.0 Å². The van der Waals surface area contributed by atoms with Crippen molar-refractivity contribution in [3.63, 3.8) is 0 Å². The number of nitrogens with one attached hydrogen (secondary N) is 1. The quantitative estimate of drug-likeness (QED) is 0.851. The van der Waals surface area contributed by atoms with Crippen molar-refractivity contribution in [2.75, 3.05) is 5.32 Å². The van der Waals surface area contributed by atoms with Gasteiger partial charge in [0.15, 0.2) is 6.10 Å². The predicted molar refractivity (Wildman–Crippen MR) is 72.6 cm³/mol. The summed E-state index contributed by atoms with van der Waals surface area (Å²) in [6.45, 7) is 3.51. The third-order valence-electron chi connectivity index (χ3n) is 3.33. The van der Waals surface area contributed by atoms with E-state index in [0.29, 0.717) is 17.2 Å². The molecule has 5 nitrogen and oxygen atoms in total. The molecule has 0 heterocycles. The number of anilines is 1. The van der Waals surface area contributed by atoms with Crippen molar-refractivity contribution in [1.82, 2.24) is 0 Å². The second kappa shape index (κ2) is 5.74. The normalized spacial score (nSPS) is 21.4. The monoisotopic (exact) mass is 272 g/mol. The first kappa shape index (κ1) is 14.1. The van der Waals surface area contributed by atoms with Gasteiger partial charge in [-0.3, -0.25) is 9.59 Å². The predicted octanol–water partition coefficient (Wildman–Crippen LogP) is 2.08. The van der Waals surface area contributed by atoms with E-state index in [1.54, 1.807) is 24.3 Å². The Kier molecular flexibility index (Phi) is 4.04. The zero-order valence-corrected chi connectivity index (χ0v) is 11.4. The average molecular weight is 272 g/mol. The van der Waals surface area contributed by atoms with Crippen LogP contribution in [0.1, 0.15) is 25.8 Å². The van der Waals surface area contributed by atoms with Crippen molar-refractivity contribution in [2.24, 2.45) is 11.8 Å². The number of hydrogen-bond donors (Lipinski definition) is 1. The second-order valence-corrected chi connectivity index (χ2v) is 5.08. The first-order valence-electron chi connectivity index (χ1n) is 6.52. The highest BCUT2D eigenvalue weighted by atomic mass is 16.5. The van der Waals surface area contributed by atoms with Crippen molar-refractivity contribution in [3.8, 4) is 6.07 Å². The van der Waals surface area contributed by atoms with Gasteiger partial charge in [-0.25, -0.2) is 0 Å². The van der Waals surface area contributed by atoms with Gasteiger partial charge in [-0.15, -0.1) is 0 Å². The molecule has 20 heavy (non-hydrogen) atoms. The number of esters is 1.